The van der Waals surface area contributed by atoms with Gasteiger partial charge in [-0.1, -0.05) is 0 Å². The summed E-state index contributed by atoms with van der Waals surface area (Å²) in [6, 6.07) is -0.340. The van der Waals surface area contributed by atoms with Crippen molar-refractivity contribution in [2.24, 2.45) is 13.0 Å². The van der Waals surface area contributed by atoms with E-state index in [0.29, 0.717) is 25.9 Å². The summed E-state index contributed by atoms with van der Waals surface area (Å²) >= 11 is 0. The number of hydrogen-bond donors (Lipinski definition) is 1. The zero-order valence-electron chi connectivity index (χ0n) is 13.0. The number of nitrogens with one attached hydrogen (secondary N) is 1. The smallest absolute Gasteiger partial charge is 0.295 e. The molecule has 1 fully saturated rings. The Balaban J connectivity index is 1.89. The van der Waals surface area contributed by atoms with Gasteiger partial charge in [-0.25, -0.2) is 13.1 Å². The second kappa shape index (κ2) is 6.78. The first-order valence-electron chi connectivity index (χ1n) is 7.37. The maximum atomic E-state index is 12.4. The van der Waals surface area contributed by atoms with Crippen molar-refractivity contribution in [3.8, 4) is 0 Å². The van der Waals surface area contributed by atoms with Gasteiger partial charge >= 0.3 is 6.18 Å². The molecule has 0 saturated carbocycles. The fraction of sp³-hybridized carbons (Fsp3) is 0.769. The molecule has 1 atom stereocenters. The first-order valence-corrected chi connectivity index (χ1v) is 8.85. The minimum Gasteiger partial charge on any atom is -0.295 e. The van der Waals surface area contributed by atoms with E-state index in [9.17, 15) is 21.6 Å². The normalized spacial score (nSPS) is 19.9. The van der Waals surface area contributed by atoms with Gasteiger partial charge in [0.2, 0.25) is 10.0 Å². The number of hydrogen-bond acceptors (Lipinski definition) is 4. The van der Waals surface area contributed by atoms with Crippen molar-refractivity contribution in [3.63, 3.8) is 0 Å². The summed E-state index contributed by atoms with van der Waals surface area (Å²) in [4.78, 5) is 1.44. The Morgan fingerprint density at radius 1 is 1.39 bits per heavy atom. The third-order valence-corrected chi connectivity index (χ3v) is 5.59. The molecule has 0 aliphatic carbocycles. The summed E-state index contributed by atoms with van der Waals surface area (Å²) in [6.07, 6.45) is -0.456. The number of nitrogens with zero attached hydrogens (tertiary/aromatic N) is 3. The lowest BCUT2D eigenvalue weighted by molar-refractivity contribution is -0.148. The Morgan fingerprint density at radius 3 is 2.48 bits per heavy atom. The SMILES string of the molecule is CC(NS(=O)(=O)c1cnn(C)c1)C1CCN(CC(F)(F)F)CC1. The van der Waals surface area contributed by atoms with Crippen LogP contribution in [0.15, 0.2) is 17.3 Å². The van der Waals surface area contributed by atoms with E-state index in [4.69, 9.17) is 0 Å². The number of sulfonamides is 1. The van der Waals surface area contributed by atoms with Crippen LogP contribution in [0.1, 0.15) is 19.8 Å². The molecule has 1 aromatic heterocycles. The number of likely N-dealkylation sites (tertiary alicyclic amines) is 1. The molecule has 1 aromatic rings. The molecule has 132 valence electrons. The Morgan fingerprint density at radius 2 is 2.00 bits per heavy atom. The average molecular weight is 354 g/mol. The molecule has 2 heterocycles. The van der Waals surface area contributed by atoms with E-state index in [1.54, 1.807) is 14.0 Å². The van der Waals surface area contributed by atoms with E-state index in [0.717, 1.165) is 0 Å². The third kappa shape index (κ3) is 5.18. The molecule has 1 N–H and O–H groups in total. The minimum atomic E-state index is -4.19. The Hall–Kier alpha value is -1.13. The molecule has 23 heavy (non-hydrogen) atoms. The molecular formula is C13H21F3N4O2S. The molecule has 0 amide bonds. The summed E-state index contributed by atoms with van der Waals surface area (Å²) in [7, 11) is -2.03. The highest BCUT2D eigenvalue weighted by atomic mass is 32.2. The van der Waals surface area contributed by atoms with Crippen LogP contribution < -0.4 is 4.72 Å². The molecule has 1 aliphatic rings. The van der Waals surface area contributed by atoms with Crippen LogP contribution in [0.4, 0.5) is 13.2 Å². The zero-order valence-corrected chi connectivity index (χ0v) is 13.9. The lowest BCUT2D eigenvalue weighted by Gasteiger charge is -2.35. The zero-order chi connectivity index (χ0) is 17.3. The fourth-order valence-corrected chi connectivity index (χ4v) is 4.11. The Bertz CT molecular complexity index is 621. The summed E-state index contributed by atoms with van der Waals surface area (Å²) in [5.41, 5.74) is 0. The second-order valence-corrected chi connectivity index (χ2v) is 7.70. The maximum Gasteiger partial charge on any atom is 0.401 e. The Kier molecular flexibility index (Phi) is 5.37. The topological polar surface area (TPSA) is 67.2 Å². The molecule has 6 nitrogen and oxygen atoms in total. The quantitative estimate of drug-likeness (QED) is 0.867. The molecule has 0 spiro atoms. The van der Waals surface area contributed by atoms with Crippen LogP contribution in [-0.2, 0) is 17.1 Å². The number of aryl methyl sites for hydroxylation is 1. The van der Waals surface area contributed by atoms with E-state index in [-0.39, 0.29) is 16.9 Å². The van der Waals surface area contributed by atoms with Crippen LogP contribution in [0.5, 0.6) is 0 Å². The Labute approximate surface area is 133 Å². The van der Waals surface area contributed by atoms with Crippen molar-refractivity contribution >= 4 is 10.0 Å². The molecule has 10 heteroatoms. The van der Waals surface area contributed by atoms with Crippen molar-refractivity contribution in [2.45, 2.75) is 36.9 Å². The first kappa shape index (κ1) is 18.2. The number of alkyl halides is 3. The van der Waals surface area contributed by atoms with Crippen LogP contribution in [0, 0.1) is 5.92 Å². The molecule has 0 bridgehead atoms. The predicted octanol–water partition coefficient (Wildman–Crippen LogP) is 1.36. The lowest BCUT2D eigenvalue weighted by Crippen LogP contribution is -2.45. The summed E-state index contributed by atoms with van der Waals surface area (Å²) in [5, 5.41) is 3.83. The highest BCUT2D eigenvalue weighted by Gasteiger charge is 2.34. The molecule has 1 unspecified atom stereocenters. The third-order valence-electron chi connectivity index (χ3n) is 4.07. The van der Waals surface area contributed by atoms with E-state index in [1.165, 1.54) is 22.0 Å². The highest BCUT2D eigenvalue weighted by molar-refractivity contribution is 7.89. The van der Waals surface area contributed by atoms with Crippen LogP contribution >= 0.6 is 0 Å². The molecule has 0 radical (unpaired) electrons. The monoisotopic (exact) mass is 354 g/mol. The van der Waals surface area contributed by atoms with Gasteiger partial charge in [-0.3, -0.25) is 9.58 Å². The molecule has 2 rings (SSSR count). The number of piperidine rings is 1. The average Bonchev–Trinajstić information content (AvgIpc) is 2.84. The number of halogens is 3. The van der Waals surface area contributed by atoms with E-state index in [2.05, 4.69) is 9.82 Å². The second-order valence-electron chi connectivity index (χ2n) is 5.99. The van der Waals surface area contributed by atoms with Gasteiger partial charge < -0.3 is 0 Å². The van der Waals surface area contributed by atoms with Gasteiger partial charge in [0.15, 0.2) is 0 Å². The summed E-state index contributed by atoms with van der Waals surface area (Å²) in [6.45, 7) is 1.49. The van der Waals surface area contributed by atoms with Gasteiger partial charge in [0, 0.05) is 19.3 Å². The van der Waals surface area contributed by atoms with Crippen molar-refractivity contribution in [2.75, 3.05) is 19.6 Å². The van der Waals surface area contributed by atoms with Gasteiger partial charge in [-0.15, -0.1) is 0 Å². The van der Waals surface area contributed by atoms with E-state index in [1.807, 2.05) is 0 Å². The van der Waals surface area contributed by atoms with Crippen LogP contribution in [-0.4, -0.2) is 55.0 Å². The molecule has 1 saturated heterocycles. The lowest BCUT2D eigenvalue weighted by atomic mass is 9.91. The van der Waals surface area contributed by atoms with Crippen molar-refractivity contribution < 1.29 is 21.6 Å². The van der Waals surface area contributed by atoms with Crippen molar-refractivity contribution in [1.29, 1.82) is 0 Å². The largest absolute Gasteiger partial charge is 0.401 e. The van der Waals surface area contributed by atoms with E-state index >= 15 is 0 Å². The summed E-state index contributed by atoms with van der Waals surface area (Å²) in [5.74, 6) is 0.0194. The van der Waals surface area contributed by atoms with Crippen LogP contribution in [0.2, 0.25) is 0 Å². The van der Waals surface area contributed by atoms with Crippen LogP contribution in [0.25, 0.3) is 0 Å². The maximum absolute atomic E-state index is 12.4. The van der Waals surface area contributed by atoms with Gasteiger partial charge in [-0.05, 0) is 38.8 Å². The fourth-order valence-electron chi connectivity index (χ4n) is 2.81. The first-order chi connectivity index (χ1) is 10.6. The number of aromatic nitrogens is 2. The van der Waals surface area contributed by atoms with Crippen molar-refractivity contribution in [3.05, 3.63) is 12.4 Å². The number of rotatable bonds is 5. The van der Waals surface area contributed by atoms with Crippen LogP contribution in [0.3, 0.4) is 0 Å². The molecule has 0 aromatic carbocycles. The predicted molar refractivity (Wildman–Crippen MR) is 78.2 cm³/mol. The van der Waals surface area contributed by atoms with Gasteiger partial charge in [0.05, 0.1) is 12.7 Å². The van der Waals surface area contributed by atoms with Crippen molar-refractivity contribution in [1.82, 2.24) is 19.4 Å². The highest BCUT2D eigenvalue weighted by Crippen LogP contribution is 2.25. The summed E-state index contributed by atoms with van der Waals surface area (Å²) < 4.78 is 65.5. The van der Waals surface area contributed by atoms with Gasteiger partial charge in [0.25, 0.3) is 0 Å². The molecular weight excluding hydrogens is 333 g/mol. The standard InChI is InChI=1S/C13H21F3N4O2S/c1-10(18-23(21,22)12-7-17-19(2)8-12)11-3-5-20(6-4-11)9-13(14,15)16/h7-8,10-11,18H,3-6,9H2,1-2H3. The molecule has 1 aliphatic heterocycles. The van der Waals surface area contributed by atoms with E-state index < -0.39 is 22.7 Å². The van der Waals surface area contributed by atoms with Gasteiger partial charge in [-0.2, -0.15) is 18.3 Å². The van der Waals surface area contributed by atoms with Gasteiger partial charge in [0.1, 0.15) is 4.90 Å². The minimum absolute atomic E-state index is 0.0194.